The molecule has 3 aromatic carbocycles. The average Bonchev–Trinajstić information content (AvgIpc) is 3.21. The van der Waals surface area contributed by atoms with E-state index in [1.807, 2.05) is 6.07 Å². The van der Waals surface area contributed by atoms with Gasteiger partial charge in [0.1, 0.15) is 6.54 Å². The number of benzene rings is 3. The molecule has 0 spiro atoms. The Hall–Kier alpha value is -4.71. The number of carbonyl (C=O) groups is 2. The number of fused-ring (bicyclic) bond motifs is 1. The van der Waals surface area contributed by atoms with Crippen molar-refractivity contribution in [1.82, 2.24) is 0 Å². The summed E-state index contributed by atoms with van der Waals surface area (Å²) in [5.74, 6) is -1.11. The maximum absolute atomic E-state index is 13.0. The van der Waals surface area contributed by atoms with Crippen LogP contribution in [0.25, 0.3) is 11.3 Å². The minimum absolute atomic E-state index is 0.121. The van der Waals surface area contributed by atoms with Gasteiger partial charge in [0.05, 0.1) is 34.7 Å². The Bertz CT molecular complexity index is 1540. The van der Waals surface area contributed by atoms with Crippen LogP contribution >= 0.6 is 0 Å². The molecule has 4 rings (SSSR count). The number of ether oxygens (including phenoxy) is 1. The van der Waals surface area contributed by atoms with Gasteiger partial charge in [-0.1, -0.05) is 30.3 Å². The Labute approximate surface area is 218 Å². The quantitative estimate of drug-likeness (QED) is 0.181. The highest BCUT2D eigenvalue weighted by Gasteiger charge is 2.30. The van der Waals surface area contributed by atoms with E-state index in [-0.39, 0.29) is 23.6 Å². The van der Waals surface area contributed by atoms with Crippen LogP contribution in [0.1, 0.15) is 18.1 Å². The van der Waals surface area contributed by atoms with Gasteiger partial charge in [0.25, 0.3) is 11.6 Å². The number of carbonyl (C=O) groups excluding carboxylic acids is 2. The number of sulfonamides is 1. The summed E-state index contributed by atoms with van der Waals surface area (Å²) in [5.41, 5.74) is 2.71. The van der Waals surface area contributed by atoms with Gasteiger partial charge in [-0.2, -0.15) is 0 Å². The zero-order chi connectivity index (χ0) is 27.4. The predicted octanol–water partition coefficient (Wildman–Crippen LogP) is 3.86. The number of nitro benzene ring substituents is 1. The van der Waals surface area contributed by atoms with E-state index >= 15 is 0 Å². The van der Waals surface area contributed by atoms with Gasteiger partial charge in [-0.3, -0.25) is 24.0 Å². The summed E-state index contributed by atoms with van der Waals surface area (Å²) < 4.78 is 30.5. The monoisotopic (exact) mass is 536 g/mol. The van der Waals surface area contributed by atoms with E-state index in [1.165, 1.54) is 30.3 Å². The summed E-state index contributed by atoms with van der Waals surface area (Å²) in [5, 5.41) is 17.3. The first kappa shape index (κ1) is 26.4. The molecule has 0 aliphatic carbocycles. The third-order valence-corrected chi connectivity index (χ3v) is 6.81. The van der Waals surface area contributed by atoms with Crippen LogP contribution in [0.4, 0.5) is 22.7 Å². The van der Waals surface area contributed by atoms with Crippen molar-refractivity contribution in [1.29, 1.82) is 0 Å². The average molecular weight is 537 g/mol. The van der Waals surface area contributed by atoms with E-state index in [2.05, 4.69) is 10.6 Å². The van der Waals surface area contributed by atoms with Gasteiger partial charge in [-0.15, -0.1) is 0 Å². The number of nitrogens with one attached hydrogen (secondary N) is 2. The lowest BCUT2D eigenvalue weighted by Gasteiger charge is -2.22. The van der Waals surface area contributed by atoms with Gasteiger partial charge in [-0.05, 0) is 42.8 Å². The van der Waals surface area contributed by atoms with E-state index in [0.717, 1.165) is 10.6 Å². The zero-order valence-electron chi connectivity index (χ0n) is 20.5. The van der Waals surface area contributed by atoms with Crippen molar-refractivity contribution >= 4 is 55.9 Å². The van der Waals surface area contributed by atoms with E-state index in [4.69, 9.17) is 4.74 Å². The van der Waals surface area contributed by atoms with Crippen LogP contribution in [-0.4, -0.2) is 44.6 Å². The third kappa shape index (κ3) is 5.65. The zero-order valence-corrected chi connectivity index (χ0v) is 21.3. The maximum atomic E-state index is 13.0. The number of non-ortho nitro benzene ring substituents is 1. The number of rotatable bonds is 9. The van der Waals surface area contributed by atoms with Gasteiger partial charge < -0.3 is 15.4 Å². The fraction of sp³-hybridized carbons (Fsp3) is 0.154. The molecule has 0 atom stereocenters. The Kier molecular flexibility index (Phi) is 7.44. The fourth-order valence-electron chi connectivity index (χ4n) is 3.98. The summed E-state index contributed by atoms with van der Waals surface area (Å²) >= 11 is 0. The van der Waals surface area contributed by atoms with Crippen LogP contribution in [0.3, 0.4) is 0 Å². The Morgan fingerprint density at radius 2 is 1.76 bits per heavy atom. The SMILES string of the molecule is CCOC(=O)CN(c1ccc(NC(=C2C(=O)Nc3ccc([N+](=O)[O-])cc32)c2ccccc2)cc1)S(C)(=O)=O. The summed E-state index contributed by atoms with van der Waals surface area (Å²) in [7, 11) is -3.78. The number of anilines is 3. The molecule has 1 aliphatic rings. The minimum Gasteiger partial charge on any atom is -0.465 e. The van der Waals surface area contributed by atoms with Crippen LogP contribution in [0.5, 0.6) is 0 Å². The standard InChI is InChI=1S/C26H24N4O7S/c1-3-37-23(31)16-29(38(2,35)36)19-11-9-18(10-12-19)27-25(17-7-5-4-6-8-17)24-21-15-20(30(33)34)13-14-22(21)28-26(24)32/h4-15,27H,3,16H2,1-2H3,(H,28,32). The molecular formula is C26H24N4O7S. The molecule has 0 radical (unpaired) electrons. The number of amides is 1. The Balaban J connectivity index is 1.75. The molecule has 1 heterocycles. The van der Waals surface area contributed by atoms with Crippen molar-refractivity contribution in [3.05, 3.63) is 94.0 Å². The van der Waals surface area contributed by atoms with E-state index < -0.39 is 33.4 Å². The first-order chi connectivity index (χ1) is 18.1. The van der Waals surface area contributed by atoms with Crippen LogP contribution in [0, 0.1) is 10.1 Å². The second-order valence-corrected chi connectivity index (χ2v) is 10.2. The van der Waals surface area contributed by atoms with E-state index in [0.29, 0.717) is 28.2 Å². The molecule has 38 heavy (non-hydrogen) atoms. The number of hydrogen-bond donors (Lipinski definition) is 2. The Morgan fingerprint density at radius 3 is 2.37 bits per heavy atom. The van der Waals surface area contributed by atoms with Crippen LogP contribution in [-0.2, 0) is 24.3 Å². The van der Waals surface area contributed by atoms with E-state index in [9.17, 15) is 28.1 Å². The molecule has 0 aromatic heterocycles. The molecule has 2 N–H and O–H groups in total. The second kappa shape index (κ2) is 10.7. The van der Waals surface area contributed by atoms with Gasteiger partial charge in [0.15, 0.2) is 0 Å². The highest BCUT2D eigenvalue weighted by Crippen LogP contribution is 2.39. The largest absolute Gasteiger partial charge is 0.465 e. The lowest BCUT2D eigenvalue weighted by molar-refractivity contribution is -0.384. The minimum atomic E-state index is -3.78. The number of esters is 1. The summed E-state index contributed by atoms with van der Waals surface area (Å²) in [6.07, 6.45) is 0.992. The molecule has 196 valence electrons. The second-order valence-electron chi connectivity index (χ2n) is 8.30. The first-order valence-electron chi connectivity index (χ1n) is 11.5. The predicted molar refractivity (Wildman–Crippen MR) is 144 cm³/mol. The topological polar surface area (TPSA) is 148 Å². The number of nitrogens with zero attached hydrogens (tertiary/aromatic N) is 2. The summed E-state index contributed by atoms with van der Waals surface area (Å²) in [4.78, 5) is 35.8. The van der Waals surface area contributed by atoms with Crippen LogP contribution < -0.4 is 14.9 Å². The fourth-order valence-corrected chi connectivity index (χ4v) is 4.82. The molecule has 1 aliphatic heterocycles. The molecule has 3 aromatic rings. The van der Waals surface area contributed by atoms with Crippen molar-refractivity contribution in [2.75, 3.05) is 34.3 Å². The molecule has 0 fully saturated rings. The maximum Gasteiger partial charge on any atom is 0.326 e. The highest BCUT2D eigenvalue weighted by atomic mass is 32.2. The molecule has 0 bridgehead atoms. The molecule has 1 amide bonds. The van der Waals surface area contributed by atoms with Crippen molar-refractivity contribution in [2.45, 2.75) is 6.92 Å². The van der Waals surface area contributed by atoms with Crippen LogP contribution in [0.15, 0.2) is 72.8 Å². The molecule has 0 saturated heterocycles. The Morgan fingerprint density at radius 1 is 1.08 bits per heavy atom. The molecule has 11 nitrogen and oxygen atoms in total. The summed E-state index contributed by atoms with van der Waals surface area (Å²) in [6.45, 7) is 1.27. The van der Waals surface area contributed by atoms with Gasteiger partial charge in [-0.25, -0.2) is 8.42 Å². The molecule has 0 unspecified atom stereocenters. The molecule has 0 saturated carbocycles. The normalized spacial score (nSPS) is 13.8. The molecular weight excluding hydrogens is 512 g/mol. The lowest BCUT2D eigenvalue weighted by atomic mass is 9.99. The van der Waals surface area contributed by atoms with Crippen molar-refractivity contribution < 1.29 is 27.7 Å². The van der Waals surface area contributed by atoms with Crippen molar-refractivity contribution in [3.63, 3.8) is 0 Å². The van der Waals surface area contributed by atoms with Gasteiger partial charge >= 0.3 is 5.97 Å². The van der Waals surface area contributed by atoms with Crippen LogP contribution in [0.2, 0.25) is 0 Å². The third-order valence-electron chi connectivity index (χ3n) is 5.67. The van der Waals surface area contributed by atoms with Crippen molar-refractivity contribution in [3.8, 4) is 0 Å². The first-order valence-corrected chi connectivity index (χ1v) is 13.3. The van der Waals surface area contributed by atoms with Crippen molar-refractivity contribution in [2.24, 2.45) is 0 Å². The highest BCUT2D eigenvalue weighted by molar-refractivity contribution is 7.92. The van der Waals surface area contributed by atoms with Gasteiger partial charge in [0.2, 0.25) is 10.0 Å². The summed E-state index contributed by atoms with van der Waals surface area (Å²) in [6, 6.07) is 19.4. The lowest BCUT2D eigenvalue weighted by Crippen LogP contribution is -2.35. The number of nitro groups is 1. The smallest absolute Gasteiger partial charge is 0.326 e. The number of hydrogen-bond acceptors (Lipinski definition) is 8. The van der Waals surface area contributed by atoms with E-state index in [1.54, 1.807) is 43.3 Å². The molecule has 12 heteroatoms. The van der Waals surface area contributed by atoms with Gasteiger partial charge in [0, 0.05) is 29.1 Å².